The first kappa shape index (κ1) is 10.7. The predicted octanol–water partition coefficient (Wildman–Crippen LogP) is -0.662. The zero-order valence-corrected chi connectivity index (χ0v) is 7.36. The Morgan fingerprint density at radius 2 is 2.45 bits per heavy atom. The van der Waals surface area contributed by atoms with Gasteiger partial charge in [-0.2, -0.15) is 11.8 Å². The van der Waals surface area contributed by atoms with E-state index in [1.165, 1.54) is 11.8 Å². The third kappa shape index (κ3) is 5.06. The van der Waals surface area contributed by atoms with Gasteiger partial charge in [0, 0.05) is 17.4 Å². The minimum absolute atomic E-state index is 0.0865. The summed E-state index contributed by atoms with van der Waals surface area (Å²) in [7, 11) is 0. The average molecular weight is 178 g/mol. The van der Waals surface area contributed by atoms with Crippen molar-refractivity contribution in [2.45, 2.75) is 6.92 Å². The molecule has 4 N–H and O–H groups in total. The second kappa shape index (κ2) is 6.45. The molecule has 0 heterocycles. The molecule has 1 atom stereocenters. The Balaban J connectivity index is 3.36. The summed E-state index contributed by atoms with van der Waals surface area (Å²) in [6, 6.07) is 0. The van der Waals surface area contributed by atoms with Crippen molar-refractivity contribution in [3.63, 3.8) is 0 Å². The number of hydrogen-bond donors (Lipinski definition) is 3. The third-order valence-electron chi connectivity index (χ3n) is 1.19. The van der Waals surface area contributed by atoms with E-state index in [2.05, 4.69) is 5.43 Å². The van der Waals surface area contributed by atoms with Crippen LogP contribution in [0.5, 0.6) is 0 Å². The van der Waals surface area contributed by atoms with Crippen molar-refractivity contribution in [2.24, 2.45) is 11.8 Å². The Bertz CT molecular complexity index is 121. The zero-order valence-electron chi connectivity index (χ0n) is 6.54. The van der Waals surface area contributed by atoms with Crippen LogP contribution in [0.3, 0.4) is 0 Å². The number of carbonyl (C=O) groups is 1. The smallest absolute Gasteiger partial charge is 0.237 e. The molecular weight excluding hydrogens is 164 g/mol. The van der Waals surface area contributed by atoms with Gasteiger partial charge in [0.2, 0.25) is 5.91 Å². The highest BCUT2D eigenvalue weighted by Gasteiger charge is 2.09. The molecule has 4 nitrogen and oxygen atoms in total. The minimum Gasteiger partial charge on any atom is -0.396 e. The van der Waals surface area contributed by atoms with E-state index < -0.39 is 0 Å². The molecule has 5 heteroatoms. The van der Waals surface area contributed by atoms with E-state index in [1.807, 2.05) is 0 Å². The molecule has 0 spiro atoms. The van der Waals surface area contributed by atoms with Gasteiger partial charge in [-0.05, 0) is 0 Å². The molecule has 0 rings (SSSR count). The molecule has 0 fully saturated rings. The first-order valence-electron chi connectivity index (χ1n) is 3.41. The van der Waals surface area contributed by atoms with Crippen molar-refractivity contribution < 1.29 is 9.90 Å². The van der Waals surface area contributed by atoms with Crippen LogP contribution in [0.1, 0.15) is 6.92 Å². The number of amides is 1. The second-order valence-electron chi connectivity index (χ2n) is 2.21. The molecule has 11 heavy (non-hydrogen) atoms. The lowest BCUT2D eigenvalue weighted by molar-refractivity contribution is -0.123. The molecule has 1 amide bonds. The summed E-state index contributed by atoms with van der Waals surface area (Å²) < 4.78 is 0. The second-order valence-corrected chi connectivity index (χ2v) is 3.36. The van der Waals surface area contributed by atoms with Gasteiger partial charge in [0.05, 0.1) is 6.61 Å². The number of carbonyl (C=O) groups excluding carboxylic acids is 1. The highest BCUT2D eigenvalue weighted by atomic mass is 32.2. The highest BCUT2D eigenvalue weighted by molar-refractivity contribution is 7.99. The van der Waals surface area contributed by atoms with Gasteiger partial charge >= 0.3 is 0 Å². The van der Waals surface area contributed by atoms with Crippen LogP contribution >= 0.6 is 11.8 Å². The number of hydrazine groups is 1. The van der Waals surface area contributed by atoms with E-state index in [4.69, 9.17) is 10.9 Å². The summed E-state index contributed by atoms with van der Waals surface area (Å²) >= 11 is 1.54. The van der Waals surface area contributed by atoms with Gasteiger partial charge in [0.15, 0.2) is 0 Å². The number of nitrogens with one attached hydrogen (secondary N) is 1. The van der Waals surface area contributed by atoms with Crippen LogP contribution in [0.25, 0.3) is 0 Å². The van der Waals surface area contributed by atoms with Crippen LogP contribution < -0.4 is 11.3 Å². The first-order valence-corrected chi connectivity index (χ1v) is 4.57. The predicted molar refractivity (Wildman–Crippen MR) is 45.9 cm³/mol. The summed E-state index contributed by atoms with van der Waals surface area (Å²) in [5.74, 6) is 6.04. The molecule has 0 aliphatic rings. The third-order valence-corrected chi connectivity index (χ3v) is 2.40. The van der Waals surface area contributed by atoms with Crippen LogP contribution in [-0.2, 0) is 4.79 Å². The summed E-state index contributed by atoms with van der Waals surface area (Å²) in [5.41, 5.74) is 2.08. The first-order chi connectivity index (χ1) is 5.22. The zero-order chi connectivity index (χ0) is 8.69. The van der Waals surface area contributed by atoms with Crippen molar-refractivity contribution in [1.82, 2.24) is 5.43 Å². The van der Waals surface area contributed by atoms with E-state index in [9.17, 15) is 4.79 Å². The Kier molecular flexibility index (Phi) is 6.30. The molecular formula is C6H14N2O2S. The maximum atomic E-state index is 10.8. The standard InChI is InChI=1S/C6H14N2O2S/c1-5(6(10)8-7)4-11-3-2-9/h5,9H,2-4,7H2,1H3,(H,8,10). The summed E-state index contributed by atoms with van der Waals surface area (Å²) in [6.45, 7) is 1.95. The number of nitrogens with two attached hydrogens (primary N) is 1. The van der Waals surface area contributed by atoms with E-state index >= 15 is 0 Å². The lowest BCUT2D eigenvalue weighted by Gasteiger charge is -2.07. The molecule has 0 bridgehead atoms. The Morgan fingerprint density at radius 3 is 2.91 bits per heavy atom. The molecule has 66 valence electrons. The molecule has 0 aromatic rings. The maximum absolute atomic E-state index is 10.8. The van der Waals surface area contributed by atoms with E-state index in [1.54, 1.807) is 6.92 Å². The molecule has 0 aromatic heterocycles. The van der Waals surface area contributed by atoms with Gasteiger partial charge in [-0.1, -0.05) is 6.92 Å². The van der Waals surface area contributed by atoms with Crippen LogP contribution in [0.2, 0.25) is 0 Å². The molecule has 0 aliphatic carbocycles. The van der Waals surface area contributed by atoms with Gasteiger partial charge in [0.1, 0.15) is 0 Å². The number of aliphatic hydroxyl groups excluding tert-OH is 1. The van der Waals surface area contributed by atoms with E-state index in [-0.39, 0.29) is 18.4 Å². The van der Waals surface area contributed by atoms with Crippen molar-refractivity contribution in [3.05, 3.63) is 0 Å². The van der Waals surface area contributed by atoms with Crippen molar-refractivity contribution in [3.8, 4) is 0 Å². The number of rotatable bonds is 5. The quantitative estimate of drug-likeness (QED) is 0.226. The summed E-state index contributed by atoms with van der Waals surface area (Å²) in [6.07, 6.45) is 0. The number of thioether (sulfide) groups is 1. The van der Waals surface area contributed by atoms with Gasteiger partial charge in [0.25, 0.3) is 0 Å². The molecule has 0 saturated carbocycles. The Hall–Kier alpha value is -0.260. The Labute approximate surface area is 70.5 Å². The van der Waals surface area contributed by atoms with Crippen molar-refractivity contribution in [2.75, 3.05) is 18.1 Å². The van der Waals surface area contributed by atoms with Gasteiger partial charge in [-0.25, -0.2) is 5.84 Å². The van der Waals surface area contributed by atoms with Crippen LogP contribution in [0.15, 0.2) is 0 Å². The van der Waals surface area contributed by atoms with Gasteiger partial charge in [-0.15, -0.1) is 0 Å². The maximum Gasteiger partial charge on any atom is 0.237 e. The summed E-state index contributed by atoms with van der Waals surface area (Å²) in [5, 5.41) is 8.43. The normalized spacial score (nSPS) is 12.6. The lowest BCUT2D eigenvalue weighted by Crippen LogP contribution is -2.35. The molecule has 1 unspecified atom stereocenters. The van der Waals surface area contributed by atoms with E-state index in [0.29, 0.717) is 11.5 Å². The van der Waals surface area contributed by atoms with E-state index in [0.717, 1.165) is 0 Å². The monoisotopic (exact) mass is 178 g/mol. The molecule has 0 aromatic carbocycles. The van der Waals surface area contributed by atoms with Gasteiger partial charge in [-0.3, -0.25) is 10.2 Å². The number of aliphatic hydroxyl groups is 1. The van der Waals surface area contributed by atoms with Crippen LogP contribution in [-0.4, -0.2) is 29.1 Å². The molecule has 0 saturated heterocycles. The van der Waals surface area contributed by atoms with Crippen molar-refractivity contribution >= 4 is 17.7 Å². The SMILES string of the molecule is CC(CSCCO)C(=O)NN. The highest BCUT2D eigenvalue weighted by Crippen LogP contribution is 2.06. The fraction of sp³-hybridized carbons (Fsp3) is 0.833. The lowest BCUT2D eigenvalue weighted by atomic mass is 10.2. The minimum atomic E-state index is -0.157. The fourth-order valence-electron chi connectivity index (χ4n) is 0.543. The molecule has 0 aliphatic heterocycles. The average Bonchev–Trinajstić information content (AvgIpc) is 2.03. The van der Waals surface area contributed by atoms with Crippen LogP contribution in [0.4, 0.5) is 0 Å². The number of hydrogen-bond acceptors (Lipinski definition) is 4. The van der Waals surface area contributed by atoms with Gasteiger partial charge < -0.3 is 5.11 Å². The van der Waals surface area contributed by atoms with Crippen molar-refractivity contribution in [1.29, 1.82) is 0 Å². The topological polar surface area (TPSA) is 75.3 Å². The largest absolute Gasteiger partial charge is 0.396 e. The van der Waals surface area contributed by atoms with Crippen LogP contribution in [0, 0.1) is 5.92 Å². The Morgan fingerprint density at radius 1 is 1.82 bits per heavy atom. The summed E-state index contributed by atoms with van der Waals surface area (Å²) in [4.78, 5) is 10.8. The molecule has 0 radical (unpaired) electrons. The fourth-order valence-corrected chi connectivity index (χ4v) is 1.34.